The number of hydrogen-bond donors (Lipinski definition) is 1. The molecule has 0 aliphatic carbocycles. The first kappa shape index (κ1) is 14.3. The van der Waals surface area contributed by atoms with E-state index in [0.29, 0.717) is 23.2 Å². The van der Waals surface area contributed by atoms with Gasteiger partial charge in [-0.15, -0.1) is 5.10 Å². The van der Waals surface area contributed by atoms with Crippen molar-refractivity contribution >= 4 is 17.5 Å². The number of piperidine rings is 1. The van der Waals surface area contributed by atoms with Crippen LogP contribution < -0.4 is 10.2 Å². The first-order valence-electron chi connectivity index (χ1n) is 7.46. The van der Waals surface area contributed by atoms with E-state index >= 15 is 0 Å². The largest absolute Gasteiger partial charge is 0.339 e. The maximum atomic E-state index is 8.81. The summed E-state index contributed by atoms with van der Waals surface area (Å²) in [6.45, 7) is 4.20. The Morgan fingerprint density at radius 2 is 2.14 bits per heavy atom. The molecule has 1 aliphatic heterocycles. The molecule has 1 unspecified atom stereocenters. The molecule has 1 fully saturated rings. The predicted molar refractivity (Wildman–Crippen MR) is 84.9 cm³/mol. The molecule has 1 N–H and O–H groups in total. The molecule has 1 aromatic heterocycles. The predicted octanol–water partition coefficient (Wildman–Crippen LogP) is 2.72. The third kappa shape index (κ3) is 3.31. The maximum absolute atomic E-state index is 8.81. The quantitative estimate of drug-likeness (QED) is 0.937. The van der Waals surface area contributed by atoms with E-state index < -0.39 is 0 Å². The van der Waals surface area contributed by atoms with Crippen LogP contribution >= 0.6 is 0 Å². The molecule has 0 radical (unpaired) electrons. The van der Waals surface area contributed by atoms with Gasteiger partial charge in [0.25, 0.3) is 0 Å². The molecule has 0 amide bonds. The van der Waals surface area contributed by atoms with Crippen LogP contribution in [0.3, 0.4) is 0 Å². The molecule has 1 aliphatic rings. The summed E-state index contributed by atoms with van der Waals surface area (Å²) in [6.07, 6.45) is 4.03. The van der Waals surface area contributed by atoms with Gasteiger partial charge >= 0.3 is 0 Å². The van der Waals surface area contributed by atoms with Gasteiger partial charge in [-0.2, -0.15) is 15.3 Å². The lowest BCUT2D eigenvalue weighted by molar-refractivity contribution is 0.441. The smallest absolute Gasteiger partial charge is 0.247 e. The van der Waals surface area contributed by atoms with Crippen LogP contribution in [0, 0.1) is 17.2 Å². The van der Waals surface area contributed by atoms with Gasteiger partial charge < -0.3 is 10.2 Å². The molecule has 3 rings (SSSR count). The minimum atomic E-state index is 0.634. The Balaban J connectivity index is 1.74. The molecule has 0 spiro atoms. The van der Waals surface area contributed by atoms with Crippen LogP contribution in [0.2, 0.25) is 0 Å². The Kier molecular flexibility index (Phi) is 4.15. The molecule has 0 bridgehead atoms. The maximum Gasteiger partial charge on any atom is 0.247 e. The summed E-state index contributed by atoms with van der Waals surface area (Å²) in [5.41, 5.74) is 1.51. The molecule has 22 heavy (non-hydrogen) atoms. The number of anilines is 3. The summed E-state index contributed by atoms with van der Waals surface area (Å²) in [6, 6.07) is 9.34. The SMILES string of the molecule is CC1CCCN(c2nncc(Nc3ccc(C#N)cc3)n2)C1. The molecule has 0 saturated carbocycles. The summed E-state index contributed by atoms with van der Waals surface area (Å²) in [7, 11) is 0. The summed E-state index contributed by atoms with van der Waals surface area (Å²) in [4.78, 5) is 6.73. The highest BCUT2D eigenvalue weighted by molar-refractivity contribution is 5.57. The molecule has 2 heterocycles. The molecule has 1 atom stereocenters. The third-order valence-corrected chi connectivity index (χ3v) is 3.77. The Morgan fingerprint density at radius 1 is 1.32 bits per heavy atom. The number of nitriles is 1. The number of hydrogen-bond acceptors (Lipinski definition) is 6. The monoisotopic (exact) mass is 294 g/mol. The minimum Gasteiger partial charge on any atom is -0.339 e. The van der Waals surface area contributed by atoms with Crippen LogP contribution in [0.15, 0.2) is 30.5 Å². The zero-order chi connectivity index (χ0) is 15.4. The van der Waals surface area contributed by atoms with Gasteiger partial charge in [0.15, 0.2) is 5.82 Å². The lowest BCUT2D eigenvalue weighted by Crippen LogP contribution is -2.35. The van der Waals surface area contributed by atoms with Crippen molar-refractivity contribution in [2.45, 2.75) is 19.8 Å². The number of benzene rings is 1. The lowest BCUT2D eigenvalue weighted by Gasteiger charge is -2.30. The highest BCUT2D eigenvalue weighted by Gasteiger charge is 2.19. The van der Waals surface area contributed by atoms with Gasteiger partial charge in [-0.1, -0.05) is 6.92 Å². The number of aromatic nitrogens is 3. The van der Waals surface area contributed by atoms with Crippen LogP contribution in [-0.4, -0.2) is 28.3 Å². The minimum absolute atomic E-state index is 0.634. The van der Waals surface area contributed by atoms with Crippen molar-refractivity contribution in [3.63, 3.8) is 0 Å². The zero-order valence-electron chi connectivity index (χ0n) is 12.5. The van der Waals surface area contributed by atoms with E-state index in [9.17, 15) is 0 Å². The van der Waals surface area contributed by atoms with Gasteiger partial charge in [0.1, 0.15) is 0 Å². The van der Waals surface area contributed by atoms with Crippen LogP contribution in [0.5, 0.6) is 0 Å². The number of nitrogens with zero attached hydrogens (tertiary/aromatic N) is 5. The van der Waals surface area contributed by atoms with Crippen molar-refractivity contribution in [1.29, 1.82) is 5.26 Å². The van der Waals surface area contributed by atoms with Crippen molar-refractivity contribution in [3.05, 3.63) is 36.0 Å². The van der Waals surface area contributed by atoms with Crippen LogP contribution in [0.25, 0.3) is 0 Å². The fraction of sp³-hybridized carbons (Fsp3) is 0.375. The summed E-state index contributed by atoms with van der Waals surface area (Å²) < 4.78 is 0. The van der Waals surface area contributed by atoms with Crippen molar-refractivity contribution in [3.8, 4) is 6.07 Å². The second-order valence-corrected chi connectivity index (χ2v) is 5.65. The fourth-order valence-electron chi connectivity index (χ4n) is 2.64. The molecule has 6 heteroatoms. The van der Waals surface area contributed by atoms with Gasteiger partial charge in [-0.25, -0.2) is 0 Å². The van der Waals surface area contributed by atoms with Gasteiger partial charge in [0.05, 0.1) is 17.8 Å². The van der Waals surface area contributed by atoms with Gasteiger partial charge in [0, 0.05) is 18.8 Å². The van der Waals surface area contributed by atoms with Crippen molar-refractivity contribution in [1.82, 2.24) is 15.2 Å². The molecule has 1 aromatic carbocycles. The number of nitrogens with one attached hydrogen (secondary N) is 1. The van der Waals surface area contributed by atoms with Crippen molar-refractivity contribution < 1.29 is 0 Å². The average Bonchev–Trinajstić information content (AvgIpc) is 2.56. The molecular weight excluding hydrogens is 276 g/mol. The van der Waals surface area contributed by atoms with Crippen molar-refractivity contribution in [2.24, 2.45) is 5.92 Å². The Labute approximate surface area is 129 Å². The molecule has 1 saturated heterocycles. The second kappa shape index (κ2) is 6.39. The third-order valence-electron chi connectivity index (χ3n) is 3.77. The lowest BCUT2D eigenvalue weighted by atomic mass is 10.0. The summed E-state index contributed by atoms with van der Waals surface area (Å²) >= 11 is 0. The van der Waals surface area contributed by atoms with E-state index in [4.69, 9.17) is 5.26 Å². The summed E-state index contributed by atoms with van der Waals surface area (Å²) in [5, 5.41) is 20.2. The van der Waals surface area contributed by atoms with Crippen LogP contribution in [0.4, 0.5) is 17.5 Å². The van der Waals surface area contributed by atoms with Crippen molar-refractivity contribution in [2.75, 3.05) is 23.3 Å². The van der Waals surface area contributed by atoms with Crippen LogP contribution in [0.1, 0.15) is 25.3 Å². The van der Waals surface area contributed by atoms with Gasteiger partial charge in [-0.05, 0) is 43.0 Å². The average molecular weight is 294 g/mol. The van der Waals surface area contributed by atoms with E-state index in [0.717, 1.165) is 25.2 Å². The normalized spacial score (nSPS) is 17.8. The van der Waals surface area contributed by atoms with Gasteiger partial charge in [0.2, 0.25) is 5.95 Å². The topological polar surface area (TPSA) is 77.7 Å². The molecule has 2 aromatic rings. The van der Waals surface area contributed by atoms with E-state index in [1.807, 2.05) is 12.1 Å². The van der Waals surface area contributed by atoms with E-state index in [1.165, 1.54) is 6.42 Å². The molecular formula is C16H18N6. The van der Waals surface area contributed by atoms with E-state index in [1.54, 1.807) is 18.3 Å². The molecule has 112 valence electrons. The Morgan fingerprint density at radius 3 is 2.86 bits per heavy atom. The van der Waals surface area contributed by atoms with Gasteiger partial charge in [-0.3, -0.25) is 0 Å². The zero-order valence-corrected chi connectivity index (χ0v) is 12.5. The van der Waals surface area contributed by atoms with E-state index in [-0.39, 0.29) is 0 Å². The van der Waals surface area contributed by atoms with Crippen LogP contribution in [-0.2, 0) is 0 Å². The Bertz CT molecular complexity index is 676. The second-order valence-electron chi connectivity index (χ2n) is 5.65. The fourth-order valence-corrected chi connectivity index (χ4v) is 2.64. The highest BCUT2D eigenvalue weighted by Crippen LogP contribution is 2.21. The number of rotatable bonds is 3. The standard InChI is InChI=1S/C16H18N6/c1-12-3-2-8-22(11-12)16-20-15(10-18-21-16)19-14-6-4-13(9-17)5-7-14/h4-7,10,12H,2-3,8,11H2,1H3,(H,19,20,21). The highest BCUT2D eigenvalue weighted by atomic mass is 15.3. The Hall–Kier alpha value is -2.68. The first-order valence-corrected chi connectivity index (χ1v) is 7.46. The molecule has 6 nitrogen and oxygen atoms in total. The first-order chi connectivity index (χ1) is 10.7. The van der Waals surface area contributed by atoms with E-state index in [2.05, 4.69) is 38.4 Å². The summed E-state index contributed by atoms with van der Waals surface area (Å²) in [5.74, 6) is 1.99.